The molecule has 3 amide bonds. The minimum Gasteiger partial charge on any atom is -0.344 e. The smallest absolute Gasteiger partial charge is 0.245 e. The number of Topliss-reactive ketones (excluding diaryl/α,β-unsaturated/α-hetero) is 1. The highest BCUT2D eigenvalue weighted by Gasteiger charge is 2.48. The van der Waals surface area contributed by atoms with E-state index in [1.165, 1.54) is 0 Å². The molecular weight excluding hydrogens is 616 g/mol. The van der Waals surface area contributed by atoms with E-state index < -0.39 is 29.4 Å². The van der Waals surface area contributed by atoms with Gasteiger partial charge in [0, 0.05) is 37.5 Å². The van der Waals surface area contributed by atoms with Crippen molar-refractivity contribution < 1.29 is 19.2 Å². The van der Waals surface area contributed by atoms with Gasteiger partial charge >= 0.3 is 0 Å². The van der Waals surface area contributed by atoms with Crippen LogP contribution in [0.15, 0.2) is 60.7 Å². The van der Waals surface area contributed by atoms with Gasteiger partial charge in [-0.2, -0.15) is 0 Å². The number of hydrogen-bond donors (Lipinski definition) is 4. The molecule has 3 aliphatic rings. The third kappa shape index (κ3) is 10.7. The molecule has 49 heavy (non-hydrogen) atoms. The van der Waals surface area contributed by atoms with Crippen molar-refractivity contribution in [1.29, 1.82) is 0 Å². The summed E-state index contributed by atoms with van der Waals surface area (Å²) >= 11 is 0. The van der Waals surface area contributed by atoms with Gasteiger partial charge in [-0.05, 0) is 82.0 Å². The van der Waals surface area contributed by atoms with Crippen LogP contribution in [0.5, 0.6) is 0 Å². The van der Waals surface area contributed by atoms with E-state index in [4.69, 9.17) is 11.5 Å². The number of piperazine rings is 1. The van der Waals surface area contributed by atoms with Crippen LogP contribution < -0.4 is 22.1 Å². The highest BCUT2D eigenvalue weighted by molar-refractivity contribution is 5.96. The summed E-state index contributed by atoms with van der Waals surface area (Å²) in [5.41, 5.74) is 12.9. The van der Waals surface area contributed by atoms with Crippen molar-refractivity contribution in [3.8, 4) is 0 Å². The van der Waals surface area contributed by atoms with Gasteiger partial charge in [0.15, 0.2) is 5.78 Å². The molecule has 0 aromatic heterocycles. The Balaban J connectivity index is 1.50. The zero-order chi connectivity index (χ0) is 35.6. The summed E-state index contributed by atoms with van der Waals surface area (Å²) in [6.07, 6.45) is 3.96. The fourth-order valence-electron chi connectivity index (χ4n) is 7.29. The second kappa shape index (κ2) is 17.9. The average Bonchev–Trinajstić information content (AvgIpc) is 3.07. The van der Waals surface area contributed by atoms with E-state index >= 15 is 0 Å². The Kier molecular flexibility index (Phi) is 13.9. The highest BCUT2D eigenvalue weighted by atomic mass is 16.2. The summed E-state index contributed by atoms with van der Waals surface area (Å²) in [4.78, 5) is 60.0. The molecule has 3 aliphatic heterocycles. The number of nitrogens with one attached hydrogen (secondary N) is 2. The van der Waals surface area contributed by atoms with Crippen molar-refractivity contribution in [2.45, 2.75) is 109 Å². The van der Waals surface area contributed by atoms with Gasteiger partial charge in [-0.15, -0.1) is 0 Å². The number of carbonyl (C=O) groups is 4. The Bertz CT molecular complexity index is 1370. The van der Waals surface area contributed by atoms with E-state index in [0.29, 0.717) is 25.8 Å². The molecule has 0 spiro atoms. The Morgan fingerprint density at radius 2 is 1.51 bits per heavy atom. The van der Waals surface area contributed by atoms with Gasteiger partial charge in [0.1, 0.15) is 6.04 Å². The predicted molar refractivity (Wildman–Crippen MR) is 193 cm³/mol. The number of hydrogen-bond acceptors (Lipinski definition) is 7. The topological polar surface area (TPSA) is 151 Å². The van der Waals surface area contributed by atoms with Gasteiger partial charge in [0.2, 0.25) is 17.7 Å². The average molecular weight is 675 g/mol. The minimum absolute atomic E-state index is 0.0353. The number of ketones is 1. The first-order valence-electron chi connectivity index (χ1n) is 18.2. The van der Waals surface area contributed by atoms with Gasteiger partial charge in [-0.25, -0.2) is 0 Å². The van der Waals surface area contributed by atoms with Crippen LogP contribution in [-0.4, -0.2) is 89.2 Å². The fraction of sp³-hybridized carbons (Fsp3) is 0.590. The number of piperidine rings is 1. The maximum Gasteiger partial charge on any atom is 0.245 e. The molecule has 6 atom stereocenters. The summed E-state index contributed by atoms with van der Waals surface area (Å²) in [5, 5.41) is 6.04. The van der Waals surface area contributed by atoms with Crippen LogP contribution in [0.25, 0.3) is 0 Å². The number of benzene rings is 2. The number of amides is 3. The summed E-state index contributed by atoms with van der Waals surface area (Å²) in [7, 11) is 0. The van der Waals surface area contributed by atoms with Gasteiger partial charge in [-0.1, -0.05) is 81.4 Å². The first-order chi connectivity index (χ1) is 23.4. The molecule has 2 aromatic rings. The lowest BCUT2D eigenvalue weighted by molar-refractivity contribution is -0.157. The SMILES string of the molecule is CCN1CC2CC(C1)N2C(=O)C(CCCCN)NC(=O)C(CC(=O)C(Cc1ccccc1)NC(=O)C(C)(N)Cc1ccccc1)CC(C)C. The Labute approximate surface area is 292 Å². The van der Waals surface area contributed by atoms with E-state index in [9.17, 15) is 19.2 Å². The number of nitrogens with two attached hydrogens (primary N) is 2. The lowest BCUT2D eigenvalue weighted by Gasteiger charge is -2.57. The van der Waals surface area contributed by atoms with Crippen LogP contribution in [-0.2, 0) is 32.0 Å². The number of unbranched alkanes of at least 4 members (excludes halogenated alkanes) is 1. The zero-order valence-electron chi connectivity index (χ0n) is 29.9. The molecule has 2 aromatic carbocycles. The summed E-state index contributed by atoms with van der Waals surface area (Å²) in [5.74, 6) is -1.53. The molecule has 5 rings (SSSR count). The zero-order valence-corrected chi connectivity index (χ0v) is 29.9. The number of fused-ring (bicyclic) bond motifs is 2. The van der Waals surface area contributed by atoms with Crippen molar-refractivity contribution in [1.82, 2.24) is 20.4 Å². The molecule has 6 N–H and O–H groups in total. The molecule has 3 saturated heterocycles. The first kappa shape index (κ1) is 38.2. The third-order valence-corrected chi connectivity index (χ3v) is 10.0. The predicted octanol–water partition coefficient (Wildman–Crippen LogP) is 3.21. The first-order valence-corrected chi connectivity index (χ1v) is 18.2. The lowest BCUT2D eigenvalue weighted by atomic mass is 9.85. The van der Waals surface area contributed by atoms with E-state index in [-0.39, 0.29) is 48.4 Å². The maximum atomic E-state index is 14.1. The van der Waals surface area contributed by atoms with Crippen LogP contribution in [0, 0.1) is 11.8 Å². The Hall–Kier alpha value is -3.60. The molecule has 3 fully saturated rings. The quantitative estimate of drug-likeness (QED) is 0.167. The van der Waals surface area contributed by atoms with E-state index in [2.05, 4.69) is 22.5 Å². The van der Waals surface area contributed by atoms with Gasteiger partial charge in [-0.3, -0.25) is 24.1 Å². The molecule has 268 valence electrons. The molecule has 0 radical (unpaired) electrons. The molecule has 10 nitrogen and oxygen atoms in total. The van der Waals surface area contributed by atoms with E-state index in [1.807, 2.05) is 79.4 Å². The van der Waals surface area contributed by atoms with Gasteiger partial charge < -0.3 is 27.0 Å². The van der Waals surface area contributed by atoms with Crippen molar-refractivity contribution in [2.75, 3.05) is 26.2 Å². The highest BCUT2D eigenvalue weighted by Crippen LogP contribution is 2.33. The van der Waals surface area contributed by atoms with Crippen molar-refractivity contribution >= 4 is 23.5 Å². The minimum atomic E-state index is -1.26. The van der Waals surface area contributed by atoms with Crippen molar-refractivity contribution in [3.63, 3.8) is 0 Å². The van der Waals surface area contributed by atoms with Gasteiger partial charge in [0.25, 0.3) is 0 Å². The Morgan fingerprint density at radius 3 is 2.08 bits per heavy atom. The molecule has 2 bridgehead atoms. The van der Waals surface area contributed by atoms with E-state index in [0.717, 1.165) is 50.0 Å². The summed E-state index contributed by atoms with van der Waals surface area (Å²) < 4.78 is 0. The largest absolute Gasteiger partial charge is 0.344 e. The third-order valence-electron chi connectivity index (χ3n) is 10.0. The number of rotatable bonds is 19. The number of carbonyl (C=O) groups excluding carboxylic acids is 4. The number of nitrogens with zero attached hydrogens (tertiary/aromatic N) is 2. The second-order valence-electron chi connectivity index (χ2n) is 14.8. The normalized spacial score (nSPS) is 20.4. The van der Waals surface area contributed by atoms with Crippen LogP contribution in [0.1, 0.15) is 77.3 Å². The second-order valence-corrected chi connectivity index (χ2v) is 14.8. The molecule has 0 saturated carbocycles. The van der Waals surface area contributed by atoms with Crippen LogP contribution >= 0.6 is 0 Å². The Morgan fingerprint density at radius 1 is 0.898 bits per heavy atom. The molecular formula is C39H58N6O4. The van der Waals surface area contributed by atoms with Gasteiger partial charge in [0.05, 0.1) is 11.6 Å². The standard InChI is InChI=1S/C39H58N6O4/c1-5-44-25-31-23-32(26-44)45(31)37(48)33(18-12-13-19-40)42-36(47)30(20-27(2)3)22-35(46)34(21-28-14-8-6-9-15-28)43-38(49)39(4,41)24-29-16-10-7-11-17-29/h6-11,14-17,27,30-34H,5,12-13,18-26,40-41H2,1-4H3,(H,42,47)(H,43,49). The fourth-order valence-corrected chi connectivity index (χ4v) is 7.29. The molecule has 3 heterocycles. The molecule has 10 heteroatoms. The molecule has 6 unspecified atom stereocenters. The molecule has 0 aliphatic carbocycles. The summed E-state index contributed by atoms with van der Waals surface area (Å²) in [6.45, 7) is 11.0. The van der Waals surface area contributed by atoms with Crippen molar-refractivity contribution in [3.05, 3.63) is 71.8 Å². The van der Waals surface area contributed by atoms with Crippen LogP contribution in [0.4, 0.5) is 0 Å². The van der Waals surface area contributed by atoms with Crippen molar-refractivity contribution in [2.24, 2.45) is 23.3 Å². The number of likely N-dealkylation sites (N-methyl/N-ethyl adjacent to an activating group) is 1. The lowest BCUT2D eigenvalue weighted by Crippen LogP contribution is -2.72. The van der Waals surface area contributed by atoms with Crippen LogP contribution in [0.3, 0.4) is 0 Å². The monoisotopic (exact) mass is 674 g/mol. The van der Waals surface area contributed by atoms with E-state index in [1.54, 1.807) is 6.92 Å². The summed E-state index contributed by atoms with van der Waals surface area (Å²) in [6, 6.07) is 17.9. The maximum absolute atomic E-state index is 14.1. The van der Waals surface area contributed by atoms with Crippen LogP contribution in [0.2, 0.25) is 0 Å².